The Morgan fingerprint density at radius 1 is 1.24 bits per heavy atom. The van der Waals surface area contributed by atoms with Gasteiger partial charge in [0.05, 0.1) is 0 Å². The number of hydrogen-bond donors (Lipinski definition) is 1. The highest BCUT2D eigenvalue weighted by atomic mass is 35.5. The van der Waals surface area contributed by atoms with Gasteiger partial charge in [0, 0.05) is 54.4 Å². The lowest BCUT2D eigenvalue weighted by Crippen LogP contribution is -2.44. The fraction of sp³-hybridized carbons (Fsp3) is 0.333. The molecule has 0 spiro atoms. The molecular formula is C21H22ClN5OS. The lowest BCUT2D eigenvalue weighted by molar-refractivity contribution is -0.122. The summed E-state index contributed by atoms with van der Waals surface area (Å²) in [7, 11) is 0. The van der Waals surface area contributed by atoms with Crippen molar-refractivity contribution in [3.8, 4) is 0 Å². The molecule has 1 fully saturated rings. The molecule has 6 nitrogen and oxygen atoms in total. The lowest BCUT2D eigenvalue weighted by Gasteiger charge is -2.22. The Morgan fingerprint density at radius 2 is 2.10 bits per heavy atom. The van der Waals surface area contributed by atoms with Crippen molar-refractivity contribution in [3.05, 3.63) is 70.8 Å². The SMILES string of the molecule is O=C(NCCc1ccccn1)C1CCCN1c1nc(Cc2ccc(Cl)cc2)ns1. The van der Waals surface area contributed by atoms with Crippen LogP contribution in [0.2, 0.25) is 5.02 Å². The second-order valence-corrected chi connectivity index (χ2v) is 8.18. The van der Waals surface area contributed by atoms with Crippen molar-refractivity contribution in [2.45, 2.75) is 31.7 Å². The predicted molar refractivity (Wildman–Crippen MR) is 115 cm³/mol. The Labute approximate surface area is 179 Å². The molecule has 0 saturated carbocycles. The number of halogens is 1. The van der Waals surface area contributed by atoms with Crippen LogP contribution in [-0.2, 0) is 17.6 Å². The van der Waals surface area contributed by atoms with E-state index >= 15 is 0 Å². The van der Waals surface area contributed by atoms with E-state index in [1.165, 1.54) is 11.5 Å². The molecule has 0 aliphatic carbocycles. The maximum Gasteiger partial charge on any atom is 0.242 e. The molecule has 8 heteroatoms. The van der Waals surface area contributed by atoms with Gasteiger partial charge >= 0.3 is 0 Å². The fourth-order valence-electron chi connectivity index (χ4n) is 3.46. The van der Waals surface area contributed by atoms with Crippen LogP contribution in [-0.4, -0.2) is 39.4 Å². The zero-order valence-corrected chi connectivity index (χ0v) is 17.5. The first-order valence-electron chi connectivity index (χ1n) is 9.70. The molecule has 1 amide bonds. The van der Waals surface area contributed by atoms with Crippen molar-refractivity contribution in [1.82, 2.24) is 19.7 Å². The lowest BCUT2D eigenvalue weighted by atomic mass is 10.1. The average molecular weight is 428 g/mol. The van der Waals surface area contributed by atoms with Crippen LogP contribution in [0, 0.1) is 0 Å². The number of carbonyl (C=O) groups excluding carboxylic acids is 1. The largest absolute Gasteiger partial charge is 0.354 e. The van der Waals surface area contributed by atoms with E-state index < -0.39 is 0 Å². The molecule has 1 N–H and O–H groups in total. The van der Waals surface area contributed by atoms with Crippen LogP contribution in [0.3, 0.4) is 0 Å². The minimum absolute atomic E-state index is 0.0490. The molecule has 3 heterocycles. The van der Waals surface area contributed by atoms with Crippen LogP contribution in [0.5, 0.6) is 0 Å². The van der Waals surface area contributed by atoms with E-state index in [1.54, 1.807) is 6.20 Å². The summed E-state index contributed by atoms with van der Waals surface area (Å²) in [6, 6.07) is 13.3. The summed E-state index contributed by atoms with van der Waals surface area (Å²) in [6.45, 7) is 1.41. The Kier molecular flexibility index (Phi) is 6.36. The normalized spacial score (nSPS) is 16.2. The summed E-state index contributed by atoms with van der Waals surface area (Å²) in [6.07, 6.45) is 4.96. The number of pyridine rings is 1. The molecule has 1 aromatic carbocycles. The number of rotatable bonds is 7. The van der Waals surface area contributed by atoms with Crippen molar-refractivity contribution in [2.24, 2.45) is 0 Å². The van der Waals surface area contributed by atoms with Gasteiger partial charge in [-0.2, -0.15) is 4.37 Å². The summed E-state index contributed by atoms with van der Waals surface area (Å²) in [5.74, 6) is 0.821. The summed E-state index contributed by atoms with van der Waals surface area (Å²) in [4.78, 5) is 23.8. The number of nitrogens with zero attached hydrogens (tertiary/aromatic N) is 4. The van der Waals surface area contributed by atoms with Crippen molar-refractivity contribution in [2.75, 3.05) is 18.0 Å². The Morgan fingerprint density at radius 3 is 2.90 bits per heavy atom. The smallest absolute Gasteiger partial charge is 0.242 e. The van der Waals surface area contributed by atoms with E-state index in [9.17, 15) is 4.79 Å². The molecule has 1 aliphatic rings. The van der Waals surface area contributed by atoms with Crippen LogP contribution in [0.1, 0.15) is 29.9 Å². The highest BCUT2D eigenvalue weighted by molar-refractivity contribution is 7.09. The summed E-state index contributed by atoms with van der Waals surface area (Å²) < 4.78 is 4.49. The van der Waals surface area contributed by atoms with Gasteiger partial charge in [-0.1, -0.05) is 29.8 Å². The highest BCUT2D eigenvalue weighted by Crippen LogP contribution is 2.28. The number of nitrogens with one attached hydrogen (secondary N) is 1. The van der Waals surface area contributed by atoms with E-state index in [0.717, 1.165) is 53.0 Å². The third kappa shape index (κ3) is 5.10. The molecule has 150 valence electrons. The molecule has 4 rings (SSSR count). The molecule has 0 radical (unpaired) electrons. The van der Waals surface area contributed by atoms with E-state index in [1.807, 2.05) is 42.5 Å². The monoisotopic (exact) mass is 427 g/mol. The Hall–Kier alpha value is -2.51. The van der Waals surface area contributed by atoms with E-state index in [4.69, 9.17) is 11.6 Å². The first kappa shape index (κ1) is 19.8. The zero-order valence-electron chi connectivity index (χ0n) is 15.9. The van der Waals surface area contributed by atoms with Crippen molar-refractivity contribution in [1.29, 1.82) is 0 Å². The number of aromatic nitrogens is 3. The van der Waals surface area contributed by atoms with Gasteiger partial charge in [-0.25, -0.2) is 4.98 Å². The minimum atomic E-state index is -0.185. The molecule has 1 aliphatic heterocycles. The van der Waals surface area contributed by atoms with Gasteiger partial charge in [-0.15, -0.1) is 0 Å². The van der Waals surface area contributed by atoms with E-state index in [-0.39, 0.29) is 11.9 Å². The van der Waals surface area contributed by atoms with Gasteiger partial charge in [0.15, 0.2) is 0 Å². The summed E-state index contributed by atoms with van der Waals surface area (Å²) >= 11 is 7.30. The van der Waals surface area contributed by atoms with Crippen molar-refractivity contribution in [3.63, 3.8) is 0 Å². The van der Waals surface area contributed by atoms with E-state index in [2.05, 4.69) is 24.6 Å². The average Bonchev–Trinajstić information content (AvgIpc) is 3.40. The quantitative estimate of drug-likeness (QED) is 0.624. The predicted octanol–water partition coefficient (Wildman–Crippen LogP) is 3.51. The number of hydrogen-bond acceptors (Lipinski definition) is 6. The van der Waals surface area contributed by atoms with Crippen molar-refractivity contribution < 1.29 is 4.79 Å². The van der Waals surface area contributed by atoms with Crippen LogP contribution >= 0.6 is 23.1 Å². The van der Waals surface area contributed by atoms with Crippen LogP contribution in [0.15, 0.2) is 48.7 Å². The van der Waals surface area contributed by atoms with E-state index in [0.29, 0.717) is 13.0 Å². The van der Waals surface area contributed by atoms with Gasteiger partial charge in [-0.05, 0) is 42.7 Å². The second kappa shape index (κ2) is 9.33. The zero-order chi connectivity index (χ0) is 20.1. The third-order valence-corrected chi connectivity index (χ3v) is 5.98. The van der Waals surface area contributed by atoms with Gasteiger partial charge in [0.2, 0.25) is 11.0 Å². The topological polar surface area (TPSA) is 71.0 Å². The van der Waals surface area contributed by atoms with Crippen LogP contribution < -0.4 is 10.2 Å². The van der Waals surface area contributed by atoms with Gasteiger partial charge in [-0.3, -0.25) is 9.78 Å². The Balaban J connectivity index is 1.34. The molecule has 29 heavy (non-hydrogen) atoms. The first-order valence-corrected chi connectivity index (χ1v) is 10.9. The van der Waals surface area contributed by atoms with Gasteiger partial charge in [0.1, 0.15) is 11.9 Å². The molecule has 1 saturated heterocycles. The Bertz CT molecular complexity index is 947. The first-order chi connectivity index (χ1) is 14.2. The maximum absolute atomic E-state index is 12.7. The molecule has 1 unspecified atom stereocenters. The summed E-state index contributed by atoms with van der Waals surface area (Å²) in [5.41, 5.74) is 2.09. The molecule has 1 atom stereocenters. The number of anilines is 1. The maximum atomic E-state index is 12.7. The minimum Gasteiger partial charge on any atom is -0.354 e. The molecule has 0 bridgehead atoms. The van der Waals surface area contributed by atoms with Gasteiger partial charge in [0.25, 0.3) is 0 Å². The third-order valence-electron chi connectivity index (χ3n) is 4.94. The number of benzene rings is 1. The number of amides is 1. The number of carbonyl (C=O) groups is 1. The van der Waals surface area contributed by atoms with Crippen LogP contribution in [0.25, 0.3) is 0 Å². The second-order valence-electron chi connectivity index (χ2n) is 7.01. The summed E-state index contributed by atoms with van der Waals surface area (Å²) in [5, 5.41) is 4.58. The van der Waals surface area contributed by atoms with Gasteiger partial charge < -0.3 is 10.2 Å². The molecular weight excluding hydrogens is 406 g/mol. The standard InChI is InChI=1S/C21H22ClN5OS/c22-16-8-6-15(7-9-16)14-19-25-21(29-26-19)27-13-3-5-18(27)20(28)24-12-10-17-4-1-2-11-23-17/h1-2,4,6-9,11,18H,3,5,10,12-14H2,(H,24,28). The molecule has 2 aromatic heterocycles. The molecule has 3 aromatic rings. The van der Waals surface area contributed by atoms with Crippen LogP contribution in [0.4, 0.5) is 5.13 Å². The fourth-order valence-corrected chi connectivity index (χ4v) is 4.35. The highest BCUT2D eigenvalue weighted by Gasteiger charge is 2.32. The van der Waals surface area contributed by atoms with Crippen molar-refractivity contribution >= 4 is 34.2 Å².